The maximum absolute atomic E-state index is 12.9. The second-order valence-corrected chi connectivity index (χ2v) is 13.7. The lowest BCUT2D eigenvalue weighted by Crippen LogP contribution is -2.63. The lowest BCUT2D eigenvalue weighted by atomic mass is 9.80. The highest BCUT2D eigenvalue weighted by atomic mass is 32.2. The van der Waals surface area contributed by atoms with E-state index in [1.54, 1.807) is 32.9 Å². The van der Waals surface area contributed by atoms with E-state index in [1.807, 2.05) is 42.2 Å². The van der Waals surface area contributed by atoms with Crippen molar-refractivity contribution in [3.63, 3.8) is 0 Å². The summed E-state index contributed by atoms with van der Waals surface area (Å²) >= 11 is 0. The van der Waals surface area contributed by atoms with Crippen LogP contribution in [-0.2, 0) is 21.1 Å². The van der Waals surface area contributed by atoms with E-state index in [0.29, 0.717) is 30.5 Å². The van der Waals surface area contributed by atoms with E-state index in [0.717, 1.165) is 27.8 Å². The quantitative estimate of drug-likeness (QED) is 0.490. The lowest BCUT2D eigenvalue weighted by molar-refractivity contribution is 0.0428. The Morgan fingerprint density at radius 3 is 2.59 bits per heavy atom. The van der Waals surface area contributed by atoms with Gasteiger partial charge in [0.2, 0.25) is 5.95 Å². The van der Waals surface area contributed by atoms with Crippen LogP contribution in [0.15, 0.2) is 47.4 Å². The number of ether oxygens (including phenoxy) is 1. The molecule has 0 aliphatic carbocycles. The summed E-state index contributed by atoms with van der Waals surface area (Å²) in [6.07, 6.45) is -0.518. The van der Waals surface area contributed by atoms with Gasteiger partial charge in [-0.25, -0.2) is 18.2 Å². The van der Waals surface area contributed by atoms with Crippen molar-refractivity contribution in [1.82, 2.24) is 15.3 Å². The molecule has 0 atom stereocenters. The topological polar surface area (TPSA) is 125 Å². The Morgan fingerprint density at radius 2 is 1.87 bits per heavy atom. The highest BCUT2D eigenvalue weighted by Crippen LogP contribution is 2.38. The summed E-state index contributed by atoms with van der Waals surface area (Å²) in [5.41, 5.74) is 1.41. The van der Waals surface area contributed by atoms with Crippen molar-refractivity contribution in [3.05, 3.63) is 53.6 Å². The number of hydrogen-bond acceptors (Lipinski definition) is 9. The van der Waals surface area contributed by atoms with Crippen LogP contribution in [0.25, 0.3) is 10.9 Å². The molecular formula is C28H35N5O5S. The van der Waals surface area contributed by atoms with Crippen molar-refractivity contribution >= 4 is 38.6 Å². The number of sulfone groups is 1. The minimum absolute atomic E-state index is 0.0255. The Hall–Kier alpha value is -3.44. The molecule has 39 heavy (non-hydrogen) atoms. The number of aryl methyl sites for hydroxylation is 1. The Bertz CT molecular complexity index is 1510. The zero-order valence-electron chi connectivity index (χ0n) is 22.8. The first-order chi connectivity index (χ1) is 18.4. The molecule has 3 heterocycles. The van der Waals surface area contributed by atoms with E-state index in [2.05, 4.69) is 10.2 Å². The van der Waals surface area contributed by atoms with Gasteiger partial charge in [-0.15, -0.1) is 0 Å². The summed E-state index contributed by atoms with van der Waals surface area (Å²) in [5, 5.41) is 13.9. The number of benzene rings is 2. The summed E-state index contributed by atoms with van der Waals surface area (Å²) in [4.78, 5) is 26.3. The number of nitrogens with one attached hydrogen (secondary N) is 1. The third kappa shape index (κ3) is 5.65. The standard InChI is InChI=1S/C28H35N5O5S/c1-19-9-10-22-21(13-19)24(33-16-28(17-33,18-34)15-29-26(35)38-27(2,3)4)31-25(30-22)32-11-12-39(36,37)23-8-6-5-7-20(23)14-32/h5-10,13,34H,11-12,14-18H2,1-4H3,(H,29,35). The van der Waals surface area contributed by atoms with Gasteiger partial charge in [-0.05, 0) is 51.5 Å². The fourth-order valence-electron chi connectivity index (χ4n) is 5.08. The molecule has 0 bridgehead atoms. The van der Waals surface area contributed by atoms with E-state index in [4.69, 9.17) is 14.7 Å². The van der Waals surface area contributed by atoms with Gasteiger partial charge >= 0.3 is 6.09 Å². The van der Waals surface area contributed by atoms with Crippen LogP contribution in [0.3, 0.4) is 0 Å². The molecule has 208 valence electrons. The molecule has 2 N–H and O–H groups in total. The van der Waals surface area contributed by atoms with Crippen LogP contribution in [0.2, 0.25) is 0 Å². The van der Waals surface area contributed by atoms with E-state index >= 15 is 0 Å². The molecular weight excluding hydrogens is 518 g/mol. The molecule has 0 unspecified atom stereocenters. The monoisotopic (exact) mass is 553 g/mol. The van der Waals surface area contributed by atoms with Gasteiger partial charge in [-0.2, -0.15) is 4.98 Å². The van der Waals surface area contributed by atoms with Gasteiger partial charge < -0.3 is 25.0 Å². The van der Waals surface area contributed by atoms with Crippen LogP contribution in [0, 0.1) is 12.3 Å². The number of carbonyl (C=O) groups excluding carboxylic acids is 1. The summed E-state index contributed by atoms with van der Waals surface area (Å²) in [5.74, 6) is 1.16. The second kappa shape index (κ2) is 9.95. The fraction of sp³-hybridized carbons (Fsp3) is 0.464. The Kier molecular flexibility index (Phi) is 6.92. The number of hydrogen-bond donors (Lipinski definition) is 2. The average molecular weight is 554 g/mol. The molecule has 1 aromatic heterocycles. The average Bonchev–Trinajstić information content (AvgIpc) is 2.98. The minimum Gasteiger partial charge on any atom is -0.444 e. The predicted molar refractivity (Wildman–Crippen MR) is 150 cm³/mol. The Balaban J connectivity index is 1.43. The number of aliphatic hydroxyl groups is 1. The molecule has 1 fully saturated rings. The van der Waals surface area contributed by atoms with Gasteiger partial charge in [0.15, 0.2) is 9.84 Å². The van der Waals surface area contributed by atoms with E-state index < -0.39 is 26.9 Å². The molecule has 2 aliphatic heterocycles. The minimum atomic E-state index is -3.41. The summed E-state index contributed by atoms with van der Waals surface area (Å²) in [6, 6.07) is 13.0. The molecule has 1 saturated heterocycles. The maximum atomic E-state index is 12.9. The van der Waals surface area contributed by atoms with Crippen molar-refractivity contribution < 1.29 is 23.1 Å². The first-order valence-corrected chi connectivity index (χ1v) is 14.7. The normalized spacial score (nSPS) is 18.2. The van der Waals surface area contributed by atoms with Crippen LogP contribution >= 0.6 is 0 Å². The first kappa shape index (κ1) is 27.1. The molecule has 10 nitrogen and oxygen atoms in total. The molecule has 3 aromatic rings. The number of nitrogens with zero attached hydrogens (tertiary/aromatic N) is 4. The maximum Gasteiger partial charge on any atom is 0.407 e. The first-order valence-electron chi connectivity index (χ1n) is 13.0. The smallest absolute Gasteiger partial charge is 0.407 e. The number of rotatable bonds is 5. The van der Waals surface area contributed by atoms with Gasteiger partial charge in [0.25, 0.3) is 0 Å². The van der Waals surface area contributed by atoms with Gasteiger partial charge in [-0.3, -0.25) is 0 Å². The third-order valence-corrected chi connectivity index (χ3v) is 8.88. The zero-order valence-corrected chi connectivity index (χ0v) is 23.6. The molecule has 0 radical (unpaired) electrons. The number of amides is 1. The highest BCUT2D eigenvalue weighted by molar-refractivity contribution is 7.91. The van der Waals surface area contributed by atoms with Crippen molar-refractivity contribution in [2.45, 2.75) is 44.7 Å². The van der Waals surface area contributed by atoms with Crippen molar-refractivity contribution in [2.24, 2.45) is 5.41 Å². The van der Waals surface area contributed by atoms with Crippen molar-refractivity contribution in [1.29, 1.82) is 0 Å². The summed E-state index contributed by atoms with van der Waals surface area (Å²) < 4.78 is 31.2. The van der Waals surface area contributed by atoms with Gasteiger partial charge in [0.05, 0.1) is 22.8 Å². The lowest BCUT2D eigenvalue weighted by Gasteiger charge is -2.50. The molecule has 2 aromatic carbocycles. The third-order valence-electron chi connectivity index (χ3n) is 7.10. The Morgan fingerprint density at radius 1 is 1.13 bits per heavy atom. The van der Waals surface area contributed by atoms with Crippen LogP contribution in [0.1, 0.15) is 31.9 Å². The van der Waals surface area contributed by atoms with Crippen LogP contribution in [-0.4, -0.2) is 73.7 Å². The van der Waals surface area contributed by atoms with E-state index in [-0.39, 0.29) is 25.4 Å². The Labute approximate surface area is 228 Å². The second-order valence-electron chi connectivity index (χ2n) is 11.6. The number of alkyl carbamates (subject to hydrolysis) is 1. The molecule has 11 heteroatoms. The van der Waals surface area contributed by atoms with Crippen LogP contribution in [0.4, 0.5) is 16.6 Å². The fourth-order valence-corrected chi connectivity index (χ4v) is 6.58. The molecule has 5 rings (SSSR count). The number of fused-ring (bicyclic) bond motifs is 2. The number of anilines is 2. The zero-order chi connectivity index (χ0) is 28.0. The van der Waals surface area contributed by atoms with E-state index in [1.165, 1.54) is 0 Å². The predicted octanol–water partition coefficient (Wildman–Crippen LogP) is 3.06. The van der Waals surface area contributed by atoms with Crippen LogP contribution < -0.4 is 15.1 Å². The molecule has 0 saturated carbocycles. The highest BCUT2D eigenvalue weighted by Gasteiger charge is 2.44. The molecule has 1 amide bonds. The molecule has 0 spiro atoms. The van der Waals surface area contributed by atoms with Crippen molar-refractivity contribution in [3.8, 4) is 0 Å². The largest absolute Gasteiger partial charge is 0.444 e. The summed E-state index contributed by atoms with van der Waals surface area (Å²) in [6.45, 7) is 9.20. The van der Waals surface area contributed by atoms with Gasteiger partial charge in [-0.1, -0.05) is 29.8 Å². The van der Waals surface area contributed by atoms with Gasteiger partial charge in [0, 0.05) is 43.5 Å². The van der Waals surface area contributed by atoms with Crippen molar-refractivity contribution in [2.75, 3.05) is 48.3 Å². The SMILES string of the molecule is Cc1ccc2nc(N3CCS(=O)(=O)c4ccccc4C3)nc(N3CC(CO)(CNC(=O)OC(C)(C)C)C3)c2c1. The van der Waals surface area contributed by atoms with Gasteiger partial charge in [0.1, 0.15) is 11.4 Å². The summed E-state index contributed by atoms with van der Waals surface area (Å²) in [7, 11) is -3.41. The molecule has 2 aliphatic rings. The number of carbonyl (C=O) groups is 1. The number of aliphatic hydroxyl groups excluding tert-OH is 1. The van der Waals surface area contributed by atoms with E-state index in [9.17, 15) is 18.3 Å². The number of aromatic nitrogens is 2. The van der Waals surface area contributed by atoms with Crippen LogP contribution in [0.5, 0.6) is 0 Å².